The number of nitrogens with zero attached hydrogens (tertiary/aromatic N) is 4. The van der Waals surface area contributed by atoms with Crippen LogP contribution in [0, 0.1) is 12.7 Å². The molecule has 0 unspecified atom stereocenters. The van der Waals surface area contributed by atoms with E-state index in [1.807, 2.05) is 17.9 Å². The molecule has 1 amide bonds. The zero-order valence-corrected chi connectivity index (χ0v) is 16.0. The third-order valence-corrected chi connectivity index (χ3v) is 4.81. The summed E-state index contributed by atoms with van der Waals surface area (Å²) in [5, 5.41) is 0. The van der Waals surface area contributed by atoms with Crippen LogP contribution in [0.1, 0.15) is 29.6 Å². The molecule has 144 valence electrons. The molecule has 1 aliphatic rings. The molecule has 0 saturated carbocycles. The number of carbonyl (C=O) groups is 1. The largest absolute Gasteiger partial charge is 0.378 e. The molecule has 2 heterocycles. The Morgan fingerprint density at radius 2 is 1.89 bits per heavy atom. The second kappa shape index (κ2) is 8.43. The minimum Gasteiger partial charge on any atom is -0.378 e. The van der Waals surface area contributed by atoms with Gasteiger partial charge in [-0.05, 0) is 18.6 Å². The van der Waals surface area contributed by atoms with Gasteiger partial charge in [-0.15, -0.1) is 0 Å². The summed E-state index contributed by atoms with van der Waals surface area (Å²) < 4.78 is 19.6. The van der Waals surface area contributed by atoms with Crippen molar-refractivity contribution in [2.45, 2.75) is 26.9 Å². The molecule has 27 heavy (non-hydrogen) atoms. The molecule has 1 aromatic heterocycles. The average Bonchev–Trinajstić information content (AvgIpc) is 2.65. The number of hydrogen-bond acceptors (Lipinski definition) is 5. The van der Waals surface area contributed by atoms with E-state index < -0.39 is 0 Å². The van der Waals surface area contributed by atoms with Crippen LogP contribution < -0.4 is 4.90 Å². The van der Waals surface area contributed by atoms with Gasteiger partial charge in [-0.2, -0.15) is 0 Å². The monoisotopic (exact) mass is 372 g/mol. The van der Waals surface area contributed by atoms with Gasteiger partial charge in [0.25, 0.3) is 0 Å². The Balaban J connectivity index is 1.97. The van der Waals surface area contributed by atoms with Crippen LogP contribution in [0.15, 0.2) is 24.3 Å². The number of aryl methyl sites for hydroxylation is 1. The van der Waals surface area contributed by atoms with Crippen molar-refractivity contribution >= 4 is 11.7 Å². The molecule has 0 N–H and O–H groups in total. The van der Waals surface area contributed by atoms with E-state index in [1.165, 1.54) is 6.07 Å². The van der Waals surface area contributed by atoms with Crippen molar-refractivity contribution < 1.29 is 13.9 Å². The first-order chi connectivity index (χ1) is 13.0. The molecule has 1 aromatic carbocycles. The first kappa shape index (κ1) is 19.2. The van der Waals surface area contributed by atoms with E-state index in [9.17, 15) is 9.18 Å². The van der Waals surface area contributed by atoms with Gasteiger partial charge in [-0.1, -0.05) is 18.2 Å². The van der Waals surface area contributed by atoms with Gasteiger partial charge in [0.2, 0.25) is 5.91 Å². The molecular weight excluding hydrogens is 347 g/mol. The van der Waals surface area contributed by atoms with Crippen molar-refractivity contribution in [2.24, 2.45) is 0 Å². The maximum absolute atomic E-state index is 14.3. The smallest absolute Gasteiger partial charge is 0.219 e. The van der Waals surface area contributed by atoms with Crippen molar-refractivity contribution in [3.05, 3.63) is 52.7 Å². The molecule has 0 spiro atoms. The van der Waals surface area contributed by atoms with Crippen LogP contribution in [-0.4, -0.2) is 54.1 Å². The molecule has 1 saturated heterocycles. The summed E-state index contributed by atoms with van der Waals surface area (Å²) in [6.45, 7) is 6.45. The average molecular weight is 372 g/mol. The number of methoxy groups -OCH3 is 1. The Kier molecular flexibility index (Phi) is 6.01. The quantitative estimate of drug-likeness (QED) is 0.806. The van der Waals surface area contributed by atoms with E-state index in [1.54, 1.807) is 26.2 Å². The third kappa shape index (κ3) is 4.42. The first-order valence-electron chi connectivity index (χ1n) is 9.08. The first-order valence-corrected chi connectivity index (χ1v) is 9.08. The Morgan fingerprint density at radius 1 is 1.19 bits per heavy atom. The number of benzene rings is 1. The maximum atomic E-state index is 14.3. The number of amides is 1. The lowest BCUT2D eigenvalue weighted by atomic mass is 10.0. The number of aromatic nitrogens is 2. The van der Waals surface area contributed by atoms with Crippen molar-refractivity contribution in [1.29, 1.82) is 0 Å². The van der Waals surface area contributed by atoms with Gasteiger partial charge in [-0.25, -0.2) is 14.4 Å². The zero-order chi connectivity index (χ0) is 19.4. The van der Waals surface area contributed by atoms with Crippen LogP contribution in [0.2, 0.25) is 0 Å². The minimum atomic E-state index is -0.242. The van der Waals surface area contributed by atoms with Gasteiger partial charge < -0.3 is 14.5 Å². The SMILES string of the molecule is COCc1nc(C)nc(N2CCN(C(C)=O)CC2)c1Cc1ccccc1F. The molecule has 3 rings (SSSR count). The van der Waals surface area contributed by atoms with Crippen LogP contribution in [0.25, 0.3) is 0 Å². The lowest BCUT2D eigenvalue weighted by Crippen LogP contribution is -2.48. The van der Waals surface area contributed by atoms with Crippen LogP contribution in [-0.2, 0) is 22.6 Å². The molecule has 0 bridgehead atoms. The normalized spacial score (nSPS) is 14.5. The summed E-state index contributed by atoms with van der Waals surface area (Å²) in [5.74, 6) is 1.30. The summed E-state index contributed by atoms with van der Waals surface area (Å²) in [4.78, 5) is 24.8. The highest BCUT2D eigenvalue weighted by Gasteiger charge is 2.24. The standard InChI is InChI=1S/C20H25FN4O2/c1-14-22-19(13-27-3)17(12-16-6-4-5-7-18(16)21)20(23-14)25-10-8-24(9-11-25)15(2)26/h4-7H,8-13H2,1-3H3. The van der Waals surface area contributed by atoms with Crippen LogP contribution in [0.3, 0.4) is 0 Å². The molecular formula is C20H25FN4O2. The van der Waals surface area contributed by atoms with Gasteiger partial charge in [0.15, 0.2) is 0 Å². The van der Waals surface area contributed by atoms with E-state index in [2.05, 4.69) is 14.9 Å². The number of hydrogen-bond donors (Lipinski definition) is 0. The number of ether oxygens (including phenoxy) is 1. The van der Waals surface area contributed by atoms with Gasteiger partial charge in [0.1, 0.15) is 17.5 Å². The predicted molar refractivity (Wildman–Crippen MR) is 101 cm³/mol. The molecule has 2 aromatic rings. The fourth-order valence-electron chi connectivity index (χ4n) is 3.40. The lowest BCUT2D eigenvalue weighted by Gasteiger charge is -2.36. The Labute approximate surface area is 159 Å². The number of carbonyl (C=O) groups excluding carboxylic acids is 1. The van der Waals surface area contributed by atoms with E-state index in [4.69, 9.17) is 4.74 Å². The summed E-state index contributed by atoms with van der Waals surface area (Å²) in [5.41, 5.74) is 2.26. The van der Waals surface area contributed by atoms with Gasteiger partial charge in [0.05, 0.1) is 12.3 Å². The molecule has 6 nitrogen and oxygen atoms in total. The molecule has 1 aliphatic heterocycles. The maximum Gasteiger partial charge on any atom is 0.219 e. The number of halogens is 1. The van der Waals surface area contributed by atoms with Crippen molar-refractivity contribution in [1.82, 2.24) is 14.9 Å². The van der Waals surface area contributed by atoms with Crippen LogP contribution in [0.5, 0.6) is 0 Å². The topological polar surface area (TPSA) is 58.6 Å². The second-order valence-electron chi connectivity index (χ2n) is 6.71. The number of rotatable bonds is 5. The second-order valence-corrected chi connectivity index (χ2v) is 6.71. The highest BCUT2D eigenvalue weighted by Crippen LogP contribution is 2.27. The fraction of sp³-hybridized carbons (Fsp3) is 0.450. The summed E-state index contributed by atoms with van der Waals surface area (Å²) in [6.07, 6.45) is 0.397. The Hall–Kier alpha value is -2.54. The fourth-order valence-corrected chi connectivity index (χ4v) is 3.40. The third-order valence-electron chi connectivity index (χ3n) is 4.81. The van der Waals surface area contributed by atoms with Crippen molar-refractivity contribution in [2.75, 3.05) is 38.2 Å². The Morgan fingerprint density at radius 3 is 2.52 bits per heavy atom. The molecule has 0 atom stereocenters. The minimum absolute atomic E-state index is 0.0835. The lowest BCUT2D eigenvalue weighted by molar-refractivity contribution is -0.129. The van der Waals surface area contributed by atoms with Gasteiger partial charge >= 0.3 is 0 Å². The van der Waals surface area contributed by atoms with Crippen molar-refractivity contribution in [3.8, 4) is 0 Å². The highest BCUT2D eigenvalue weighted by molar-refractivity contribution is 5.73. The van der Waals surface area contributed by atoms with Gasteiger partial charge in [0, 0.05) is 52.2 Å². The van der Waals surface area contributed by atoms with Crippen LogP contribution in [0.4, 0.5) is 10.2 Å². The number of anilines is 1. The summed E-state index contributed by atoms with van der Waals surface area (Å²) >= 11 is 0. The molecule has 0 radical (unpaired) electrons. The van der Waals surface area contributed by atoms with Gasteiger partial charge in [-0.3, -0.25) is 4.79 Å². The summed E-state index contributed by atoms with van der Waals surface area (Å²) in [7, 11) is 1.62. The van der Waals surface area contributed by atoms with E-state index in [0.29, 0.717) is 50.6 Å². The Bertz CT molecular complexity index is 820. The predicted octanol–water partition coefficient (Wildman–Crippen LogP) is 2.33. The van der Waals surface area contributed by atoms with Crippen molar-refractivity contribution in [3.63, 3.8) is 0 Å². The molecule has 1 fully saturated rings. The summed E-state index contributed by atoms with van der Waals surface area (Å²) in [6, 6.07) is 6.76. The van der Waals surface area contributed by atoms with E-state index in [0.717, 1.165) is 17.1 Å². The molecule has 0 aliphatic carbocycles. The van der Waals surface area contributed by atoms with E-state index >= 15 is 0 Å². The molecule has 7 heteroatoms. The van der Waals surface area contributed by atoms with Crippen LogP contribution >= 0.6 is 0 Å². The number of piperazine rings is 1. The highest BCUT2D eigenvalue weighted by atomic mass is 19.1. The zero-order valence-electron chi connectivity index (χ0n) is 16.0. The van der Waals surface area contributed by atoms with E-state index in [-0.39, 0.29) is 11.7 Å².